The van der Waals surface area contributed by atoms with Gasteiger partial charge in [0.2, 0.25) is 0 Å². The summed E-state index contributed by atoms with van der Waals surface area (Å²) in [6.07, 6.45) is -1.73. The van der Waals surface area contributed by atoms with E-state index >= 15 is 0 Å². The lowest BCUT2D eigenvalue weighted by molar-refractivity contribution is -0.145. The Morgan fingerprint density at radius 1 is 0.657 bits per heavy atom. The van der Waals surface area contributed by atoms with Crippen LogP contribution in [0, 0.1) is 19.8 Å². The fourth-order valence-corrected chi connectivity index (χ4v) is 6.98. The molecule has 0 aromatic heterocycles. The Bertz CT molecular complexity index is 2000. The van der Waals surface area contributed by atoms with E-state index in [1.165, 1.54) is 0 Å². The zero-order valence-corrected chi connectivity index (χ0v) is 40.6. The highest BCUT2D eigenvalue weighted by atomic mass is 16.6. The molecule has 2 heterocycles. The van der Waals surface area contributed by atoms with Gasteiger partial charge in [-0.2, -0.15) is 0 Å². The van der Waals surface area contributed by atoms with Crippen molar-refractivity contribution in [3.8, 4) is 0 Å². The summed E-state index contributed by atoms with van der Waals surface area (Å²) in [5.41, 5.74) is 0.633. The Labute approximate surface area is 394 Å². The largest absolute Gasteiger partial charge is 0.462 e. The number of aryl methyl sites for hydroxylation is 2. The summed E-state index contributed by atoms with van der Waals surface area (Å²) < 4.78 is 32.7. The third kappa shape index (κ3) is 19.3. The van der Waals surface area contributed by atoms with E-state index < -0.39 is 35.4 Å². The summed E-state index contributed by atoms with van der Waals surface area (Å²) in [7, 11) is 0. The zero-order chi connectivity index (χ0) is 49.1. The van der Waals surface area contributed by atoms with E-state index in [9.17, 15) is 28.8 Å². The molecule has 6 N–H and O–H groups in total. The van der Waals surface area contributed by atoms with E-state index in [-0.39, 0.29) is 63.7 Å². The smallest absolute Gasteiger partial charge is 0.412 e. The van der Waals surface area contributed by atoms with Gasteiger partial charge in [0.1, 0.15) is 37.6 Å². The molecule has 0 radical (unpaired) electrons. The van der Waals surface area contributed by atoms with E-state index in [0.717, 1.165) is 44.8 Å². The molecule has 0 spiro atoms. The fraction of sp³-hybridized carbons (Fsp3) is 0.617. The maximum Gasteiger partial charge on any atom is 0.412 e. The maximum atomic E-state index is 13.4. The topological polar surface area (TPSA) is 236 Å². The average molecular weight is 941 g/mol. The first kappa shape index (κ1) is 54.1. The highest BCUT2D eigenvalue weighted by Gasteiger charge is 2.35. The van der Waals surface area contributed by atoms with Crippen LogP contribution in [-0.2, 0) is 42.8 Å². The quantitative estimate of drug-likeness (QED) is 0.0502. The minimum atomic E-state index is -1.31. The molecule has 3 unspecified atom stereocenters. The van der Waals surface area contributed by atoms with Gasteiger partial charge in [0.05, 0.1) is 19.4 Å². The summed E-state index contributed by atoms with van der Waals surface area (Å²) in [5.74, 6) is -1.55. The van der Waals surface area contributed by atoms with Crippen LogP contribution in [0.25, 0.3) is 0 Å². The summed E-state index contributed by atoms with van der Waals surface area (Å²) in [4.78, 5) is 80.3. The monoisotopic (exact) mass is 941 g/mol. The second kappa shape index (κ2) is 26.1. The van der Waals surface area contributed by atoms with Crippen LogP contribution >= 0.6 is 0 Å². The molecule has 4 rings (SSSR count). The first-order valence-electron chi connectivity index (χ1n) is 23.0. The normalized spacial score (nSPS) is 17.3. The van der Waals surface area contributed by atoms with Crippen molar-refractivity contribution in [1.29, 1.82) is 0 Å². The van der Waals surface area contributed by atoms with Crippen LogP contribution in [0.1, 0.15) is 72.4 Å². The average Bonchev–Trinajstić information content (AvgIpc) is 3.26. The first-order valence-corrected chi connectivity index (χ1v) is 23.0. The molecule has 2 fully saturated rings. The van der Waals surface area contributed by atoms with E-state index in [0.29, 0.717) is 53.5 Å². The second-order valence-corrected chi connectivity index (χ2v) is 18.1. The van der Waals surface area contributed by atoms with Crippen LogP contribution < -0.4 is 31.9 Å². The molecule has 2 aliphatic heterocycles. The third-order valence-electron chi connectivity index (χ3n) is 11.6. The van der Waals surface area contributed by atoms with Gasteiger partial charge < -0.3 is 44.4 Å². The van der Waals surface area contributed by atoms with Crippen molar-refractivity contribution in [2.45, 2.75) is 98.4 Å². The molecular formula is C47H72N8O12. The standard InChI is InChI=1S/C47H72N8O12/c1-31-10-12-36(26-38(31)52-43(59)64-24-22-62-40(56)14-18-54-20-16-48-34(4)28-54)50-42(58)47(8,9)66-30-33(3)46(6,7)67-45(61)51-37-13-11-32(2)39(27-37)53-44(60)65-25-23-63-41(57)15-19-55-21-17-49-35(5)29-55/h10-13,26-27,33-35,48-49H,14-25,28-30H2,1-9H3,(H,50,58)(H,51,61)(H,52,59)(H,53,60). The van der Waals surface area contributed by atoms with Gasteiger partial charge in [0, 0.05) is 93.1 Å². The van der Waals surface area contributed by atoms with Gasteiger partial charge in [-0.25, -0.2) is 14.4 Å². The third-order valence-corrected chi connectivity index (χ3v) is 11.6. The molecule has 4 amide bonds. The Kier molecular flexibility index (Phi) is 21.1. The first-order chi connectivity index (χ1) is 31.7. The SMILES string of the molecule is Cc1ccc(NC(=O)OC(C)(C)C(C)COC(C)(C)C(=O)Nc2ccc(C)c(NC(=O)OCCOC(=O)CCN3CCNC(C)C3)c2)cc1NC(=O)OCCOC(=O)CCN1CCNC(C)C1. The van der Waals surface area contributed by atoms with E-state index in [2.05, 4.69) is 55.5 Å². The Hall–Kier alpha value is -5.54. The molecule has 2 aromatic rings. The van der Waals surface area contributed by atoms with Crippen LogP contribution in [-0.4, -0.2) is 155 Å². The number of anilines is 4. The molecule has 0 aliphatic carbocycles. The van der Waals surface area contributed by atoms with E-state index in [1.54, 1.807) is 77.9 Å². The van der Waals surface area contributed by atoms with Gasteiger partial charge in [0.15, 0.2) is 0 Å². The summed E-state index contributed by atoms with van der Waals surface area (Å²) >= 11 is 0. The number of benzene rings is 2. The van der Waals surface area contributed by atoms with Crippen molar-refractivity contribution < 1.29 is 57.2 Å². The van der Waals surface area contributed by atoms with Crippen LogP contribution in [0.15, 0.2) is 36.4 Å². The highest BCUT2D eigenvalue weighted by molar-refractivity contribution is 5.98. The van der Waals surface area contributed by atoms with Gasteiger partial charge >= 0.3 is 30.2 Å². The van der Waals surface area contributed by atoms with Gasteiger partial charge in [-0.3, -0.25) is 40.1 Å². The lowest BCUT2D eigenvalue weighted by Gasteiger charge is -2.34. The number of nitrogens with zero attached hydrogens (tertiary/aromatic N) is 2. The van der Waals surface area contributed by atoms with E-state index in [4.69, 9.17) is 28.4 Å². The summed E-state index contributed by atoms with van der Waals surface area (Å²) in [6, 6.07) is 10.7. The highest BCUT2D eigenvalue weighted by Crippen LogP contribution is 2.27. The number of piperazine rings is 2. The Balaban J connectivity index is 1.15. The Morgan fingerprint density at radius 2 is 1.10 bits per heavy atom. The second-order valence-electron chi connectivity index (χ2n) is 18.1. The van der Waals surface area contributed by atoms with Crippen LogP contribution in [0.3, 0.4) is 0 Å². The molecule has 67 heavy (non-hydrogen) atoms. The van der Waals surface area contributed by atoms with Crippen molar-refractivity contribution in [1.82, 2.24) is 20.4 Å². The van der Waals surface area contributed by atoms with Crippen molar-refractivity contribution >= 4 is 58.9 Å². The number of carbonyl (C=O) groups is 6. The molecule has 0 saturated carbocycles. The maximum absolute atomic E-state index is 13.4. The number of nitrogens with one attached hydrogen (secondary N) is 6. The minimum absolute atomic E-state index is 0.0494. The van der Waals surface area contributed by atoms with Crippen molar-refractivity contribution in [3.05, 3.63) is 47.5 Å². The molecule has 20 nitrogen and oxygen atoms in total. The number of hydrogen-bond acceptors (Lipinski definition) is 16. The molecule has 3 atom stereocenters. The lowest BCUT2D eigenvalue weighted by atomic mass is 9.93. The van der Waals surface area contributed by atoms with Crippen LogP contribution in [0.2, 0.25) is 0 Å². The van der Waals surface area contributed by atoms with Gasteiger partial charge in [-0.05, 0) is 90.8 Å². The number of amides is 4. The predicted molar refractivity (Wildman–Crippen MR) is 253 cm³/mol. The van der Waals surface area contributed by atoms with Crippen LogP contribution in [0.4, 0.5) is 37.1 Å². The number of ether oxygens (including phenoxy) is 6. The summed E-state index contributed by atoms with van der Waals surface area (Å²) in [6.45, 7) is 22.4. The van der Waals surface area contributed by atoms with Crippen molar-refractivity contribution in [2.24, 2.45) is 5.92 Å². The van der Waals surface area contributed by atoms with Crippen molar-refractivity contribution in [3.63, 3.8) is 0 Å². The molecule has 2 aliphatic rings. The minimum Gasteiger partial charge on any atom is -0.462 e. The molecule has 372 valence electrons. The number of rotatable bonds is 22. The molecule has 2 saturated heterocycles. The number of hydrogen-bond donors (Lipinski definition) is 6. The van der Waals surface area contributed by atoms with Gasteiger partial charge in [-0.15, -0.1) is 0 Å². The van der Waals surface area contributed by atoms with Crippen molar-refractivity contribution in [2.75, 3.05) is 107 Å². The molecule has 20 heteroatoms. The molecular weight excluding hydrogens is 869 g/mol. The fourth-order valence-electron chi connectivity index (χ4n) is 6.98. The molecule has 0 bridgehead atoms. The number of esters is 2. The summed E-state index contributed by atoms with van der Waals surface area (Å²) in [5, 5.41) is 17.6. The van der Waals surface area contributed by atoms with Gasteiger partial charge in [0.25, 0.3) is 5.91 Å². The predicted octanol–water partition coefficient (Wildman–Crippen LogP) is 5.25. The van der Waals surface area contributed by atoms with Gasteiger partial charge in [-0.1, -0.05) is 19.1 Å². The van der Waals surface area contributed by atoms with Crippen LogP contribution in [0.5, 0.6) is 0 Å². The number of carbonyl (C=O) groups excluding carboxylic acids is 6. The van der Waals surface area contributed by atoms with E-state index in [1.807, 2.05) is 6.92 Å². The zero-order valence-electron chi connectivity index (χ0n) is 40.6. The Morgan fingerprint density at radius 3 is 1.57 bits per heavy atom. The molecule has 2 aromatic carbocycles. The lowest BCUT2D eigenvalue weighted by Crippen LogP contribution is -2.49.